The number of carbonyl (C=O) groups is 2. The maximum absolute atomic E-state index is 12.5. The number of amides is 1. The molecule has 0 saturated heterocycles. The average Bonchev–Trinajstić information content (AvgIpc) is 3.44. The number of esters is 1. The van der Waals surface area contributed by atoms with E-state index in [9.17, 15) is 19.8 Å². The van der Waals surface area contributed by atoms with Gasteiger partial charge in [0.15, 0.2) is 0 Å². The van der Waals surface area contributed by atoms with Gasteiger partial charge in [0.2, 0.25) is 5.91 Å². The van der Waals surface area contributed by atoms with Gasteiger partial charge < -0.3 is 20.3 Å². The third-order valence-corrected chi connectivity index (χ3v) is 17.1. The predicted octanol–water partition coefficient (Wildman–Crippen LogP) is 23.1. The molecule has 0 fully saturated rings. The van der Waals surface area contributed by atoms with Gasteiger partial charge in [0.25, 0.3) is 0 Å². The van der Waals surface area contributed by atoms with Crippen LogP contribution in [-0.2, 0) is 14.3 Å². The van der Waals surface area contributed by atoms with Crippen molar-refractivity contribution in [2.75, 3.05) is 13.2 Å². The molecule has 3 N–H and O–H groups in total. The molecule has 2 atom stereocenters. The van der Waals surface area contributed by atoms with Crippen LogP contribution in [0.3, 0.4) is 0 Å². The van der Waals surface area contributed by atoms with E-state index in [-0.39, 0.29) is 18.5 Å². The number of unbranched alkanes of at least 4 members (excludes halogenated alkanes) is 55. The van der Waals surface area contributed by atoms with Crippen molar-refractivity contribution < 1.29 is 24.5 Å². The van der Waals surface area contributed by atoms with E-state index in [2.05, 4.69) is 31.3 Å². The van der Waals surface area contributed by atoms with Gasteiger partial charge in [-0.15, -0.1) is 0 Å². The second-order valence-corrected chi connectivity index (χ2v) is 24.9. The minimum Gasteiger partial charge on any atom is -0.466 e. The van der Waals surface area contributed by atoms with Crippen LogP contribution in [0.5, 0.6) is 0 Å². The summed E-state index contributed by atoms with van der Waals surface area (Å²) in [6.07, 6.45) is 84.0. The molecular formula is C72H141NO5. The molecule has 0 aliphatic carbocycles. The second-order valence-electron chi connectivity index (χ2n) is 24.9. The molecular weight excluding hydrogens is 959 g/mol. The van der Waals surface area contributed by atoms with E-state index in [0.717, 1.165) is 38.5 Å². The number of aliphatic hydroxyl groups is 2. The Kier molecular flexibility index (Phi) is 66.9. The quantitative estimate of drug-likeness (QED) is 0.0320. The summed E-state index contributed by atoms with van der Waals surface area (Å²) < 4.78 is 5.50. The van der Waals surface area contributed by atoms with Crippen LogP contribution in [0.15, 0.2) is 12.2 Å². The number of rotatable bonds is 68. The average molecular weight is 1100 g/mol. The van der Waals surface area contributed by atoms with E-state index < -0.39 is 12.1 Å². The van der Waals surface area contributed by atoms with Crippen LogP contribution in [0.1, 0.15) is 412 Å². The van der Waals surface area contributed by atoms with Gasteiger partial charge in [0.05, 0.1) is 25.4 Å². The molecule has 6 heteroatoms. The molecule has 0 rings (SSSR count). The summed E-state index contributed by atoms with van der Waals surface area (Å²) in [5, 5.41) is 23.4. The number of carbonyl (C=O) groups excluding carboxylic acids is 2. The molecule has 0 aliphatic rings. The molecule has 0 aromatic carbocycles. The Morgan fingerprint density at radius 2 is 0.603 bits per heavy atom. The summed E-state index contributed by atoms with van der Waals surface area (Å²) in [7, 11) is 0. The Hall–Kier alpha value is -1.40. The van der Waals surface area contributed by atoms with Crippen LogP contribution in [-0.4, -0.2) is 47.4 Å². The van der Waals surface area contributed by atoms with Crippen molar-refractivity contribution in [3.8, 4) is 0 Å². The van der Waals surface area contributed by atoms with Crippen LogP contribution >= 0.6 is 0 Å². The van der Waals surface area contributed by atoms with E-state index in [1.165, 1.54) is 340 Å². The van der Waals surface area contributed by atoms with Crippen molar-refractivity contribution in [3.05, 3.63) is 12.2 Å². The first-order valence-corrected chi connectivity index (χ1v) is 35.9. The lowest BCUT2D eigenvalue weighted by atomic mass is 10.0. The van der Waals surface area contributed by atoms with Gasteiger partial charge in [-0.05, 0) is 51.4 Å². The van der Waals surface area contributed by atoms with Crippen molar-refractivity contribution >= 4 is 11.9 Å². The van der Waals surface area contributed by atoms with Gasteiger partial charge in [-0.2, -0.15) is 0 Å². The Labute approximate surface area is 489 Å². The number of hydrogen-bond acceptors (Lipinski definition) is 5. The van der Waals surface area contributed by atoms with Crippen molar-refractivity contribution in [1.82, 2.24) is 5.32 Å². The van der Waals surface area contributed by atoms with Crippen molar-refractivity contribution in [3.63, 3.8) is 0 Å². The lowest BCUT2D eigenvalue weighted by molar-refractivity contribution is -0.143. The van der Waals surface area contributed by atoms with E-state index in [1.807, 2.05) is 0 Å². The molecule has 0 aromatic rings. The minimum absolute atomic E-state index is 0.0121. The van der Waals surface area contributed by atoms with E-state index in [1.54, 1.807) is 0 Å². The van der Waals surface area contributed by atoms with Gasteiger partial charge in [-0.25, -0.2) is 0 Å². The Morgan fingerprint density at radius 3 is 0.910 bits per heavy atom. The normalized spacial score (nSPS) is 12.5. The summed E-state index contributed by atoms with van der Waals surface area (Å²) >= 11 is 0. The van der Waals surface area contributed by atoms with E-state index in [4.69, 9.17) is 4.74 Å². The van der Waals surface area contributed by atoms with Crippen LogP contribution in [0.2, 0.25) is 0 Å². The number of allylic oxidation sites excluding steroid dienone is 2. The number of nitrogens with one attached hydrogen (secondary N) is 1. The summed E-state index contributed by atoms with van der Waals surface area (Å²) in [6.45, 7) is 4.99. The fourth-order valence-electron chi connectivity index (χ4n) is 11.6. The Balaban J connectivity index is 3.40. The molecule has 2 unspecified atom stereocenters. The molecule has 1 amide bonds. The van der Waals surface area contributed by atoms with Crippen LogP contribution in [0.4, 0.5) is 0 Å². The molecule has 0 aliphatic heterocycles. The van der Waals surface area contributed by atoms with Gasteiger partial charge in [0.1, 0.15) is 0 Å². The Bertz CT molecular complexity index is 1180. The summed E-state index contributed by atoms with van der Waals surface area (Å²) in [5.74, 6) is -0.0263. The Morgan fingerprint density at radius 1 is 0.346 bits per heavy atom. The van der Waals surface area contributed by atoms with Crippen molar-refractivity contribution in [2.45, 2.75) is 424 Å². The van der Waals surface area contributed by atoms with Crippen LogP contribution < -0.4 is 5.32 Å². The lowest BCUT2D eigenvalue weighted by Crippen LogP contribution is -2.45. The monoisotopic (exact) mass is 1100 g/mol. The standard InChI is InChI=1S/C72H141NO5/c1-3-5-7-9-11-13-15-17-19-21-23-24-25-26-29-32-36-40-44-48-52-56-60-64-70(75)69(68-74)73-71(76)65-61-57-53-49-45-41-37-33-30-27-28-31-35-39-43-47-51-55-59-63-67-78-72(77)66-62-58-54-50-46-42-38-34-22-20-18-16-14-12-10-8-6-4-2/h27,30,69-70,74-75H,3-26,28-29,31-68H2,1-2H3,(H,73,76)/b30-27-. The maximum atomic E-state index is 12.5. The van der Waals surface area contributed by atoms with Crippen LogP contribution in [0.25, 0.3) is 0 Å². The SMILES string of the molecule is CCCCCCCCCCCCCCCCCCCCCCCCCC(O)C(CO)NC(=O)CCCCCCCCC/C=C\CCCCCCCCCCCOC(=O)CCCCCCCCCCCCCCCCCCCC. The summed E-state index contributed by atoms with van der Waals surface area (Å²) in [5.41, 5.74) is 0. The van der Waals surface area contributed by atoms with Gasteiger partial charge >= 0.3 is 5.97 Å². The topological polar surface area (TPSA) is 95.9 Å². The fraction of sp³-hybridized carbons (Fsp3) is 0.944. The number of hydrogen-bond donors (Lipinski definition) is 3. The van der Waals surface area contributed by atoms with Crippen molar-refractivity contribution in [1.29, 1.82) is 0 Å². The second kappa shape index (κ2) is 68.1. The van der Waals surface area contributed by atoms with Gasteiger partial charge in [-0.3, -0.25) is 9.59 Å². The molecule has 0 spiro atoms. The highest BCUT2D eigenvalue weighted by Gasteiger charge is 2.20. The highest BCUT2D eigenvalue weighted by Crippen LogP contribution is 2.19. The first-order chi connectivity index (χ1) is 38.5. The lowest BCUT2D eigenvalue weighted by Gasteiger charge is -2.22. The first-order valence-electron chi connectivity index (χ1n) is 35.9. The predicted molar refractivity (Wildman–Crippen MR) is 343 cm³/mol. The first kappa shape index (κ1) is 76.6. The molecule has 464 valence electrons. The van der Waals surface area contributed by atoms with Gasteiger partial charge in [0, 0.05) is 12.8 Å². The largest absolute Gasteiger partial charge is 0.466 e. The minimum atomic E-state index is -0.671. The molecule has 0 radical (unpaired) electrons. The molecule has 0 saturated carbocycles. The molecule has 0 aromatic heterocycles. The molecule has 6 nitrogen and oxygen atoms in total. The molecule has 0 heterocycles. The zero-order valence-electron chi connectivity index (χ0n) is 53.2. The highest BCUT2D eigenvalue weighted by molar-refractivity contribution is 5.76. The van der Waals surface area contributed by atoms with Crippen LogP contribution in [0, 0.1) is 0 Å². The number of aliphatic hydroxyl groups excluding tert-OH is 2. The zero-order valence-corrected chi connectivity index (χ0v) is 53.2. The molecule has 78 heavy (non-hydrogen) atoms. The zero-order chi connectivity index (χ0) is 56.4. The highest BCUT2D eigenvalue weighted by atomic mass is 16.5. The van der Waals surface area contributed by atoms with E-state index >= 15 is 0 Å². The fourth-order valence-corrected chi connectivity index (χ4v) is 11.6. The number of ether oxygens (including phenoxy) is 1. The summed E-state index contributed by atoms with van der Waals surface area (Å²) in [4.78, 5) is 24.7. The maximum Gasteiger partial charge on any atom is 0.305 e. The van der Waals surface area contributed by atoms with Crippen molar-refractivity contribution in [2.24, 2.45) is 0 Å². The van der Waals surface area contributed by atoms with Gasteiger partial charge in [-0.1, -0.05) is 360 Å². The smallest absolute Gasteiger partial charge is 0.305 e. The third kappa shape index (κ3) is 63.8. The summed E-state index contributed by atoms with van der Waals surface area (Å²) in [6, 6.07) is -0.549. The van der Waals surface area contributed by atoms with E-state index in [0.29, 0.717) is 25.9 Å². The third-order valence-electron chi connectivity index (χ3n) is 17.1. The molecule has 0 bridgehead atoms.